The zero-order valence-electron chi connectivity index (χ0n) is 17.8. The van der Waals surface area contributed by atoms with Crippen molar-refractivity contribution in [3.8, 4) is 11.3 Å². The van der Waals surface area contributed by atoms with Gasteiger partial charge in [0, 0.05) is 23.6 Å². The maximum atomic E-state index is 12.6. The molecular formula is C23H25N5O3. The number of imide groups is 1. The molecule has 0 spiro atoms. The van der Waals surface area contributed by atoms with E-state index in [0.717, 1.165) is 27.4 Å². The van der Waals surface area contributed by atoms with E-state index in [2.05, 4.69) is 15.6 Å². The highest BCUT2D eigenvalue weighted by molar-refractivity contribution is 6.10. The minimum atomic E-state index is -0.911. The van der Waals surface area contributed by atoms with Crippen molar-refractivity contribution < 1.29 is 14.4 Å². The number of fused-ring (bicyclic) bond motifs is 1. The predicted molar refractivity (Wildman–Crippen MR) is 118 cm³/mol. The molecule has 1 aromatic carbocycles. The SMILES string of the molecule is CCC1(CC)NC(=O)N(CC(=O)Nc2ccc(-c3cn4cccc(C)c4n3)cc2)C1=O. The molecule has 3 aromatic rings. The summed E-state index contributed by atoms with van der Waals surface area (Å²) in [6, 6.07) is 10.8. The molecule has 8 heteroatoms. The molecule has 0 unspecified atom stereocenters. The summed E-state index contributed by atoms with van der Waals surface area (Å²) < 4.78 is 1.98. The topological polar surface area (TPSA) is 95.8 Å². The van der Waals surface area contributed by atoms with E-state index in [1.807, 2.05) is 61.8 Å². The number of carbonyl (C=O) groups is 3. The number of imidazole rings is 1. The van der Waals surface area contributed by atoms with Gasteiger partial charge in [-0.05, 0) is 43.5 Å². The molecule has 1 aliphatic heterocycles. The summed E-state index contributed by atoms with van der Waals surface area (Å²) >= 11 is 0. The molecule has 0 saturated carbocycles. The standard InChI is InChI=1S/C23H25N5O3/c1-4-23(5-2)21(30)28(22(31)26-23)14-19(29)24-17-10-8-16(9-11-17)18-13-27-12-6-7-15(3)20(27)25-18/h6-13H,4-5,14H2,1-3H3,(H,24,29)(H,26,31). The van der Waals surface area contributed by atoms with Gasteiger partial charge in [-0.15, -0.1) is 0 Å². The number of benzene rings is 1. The van der Waals surface area contributed by atoms with Crippen LogP contribution in [0.2, 0.25) is 0 Å². The molecule has 0 aliphatic carbocycles. The van der Waals surface area contributed by atoms with Crippen LogP contribution in [0.3, 0.4) is 0 Å². The fraction of sp³-hybridized carbons (Fsp3) is 0.304. The predicted octanol–water partition coefficient (Wildman–Crippen LogP) is 3.36. The van der Waals surface area contributed by atoms with Crippen molar-refractivity contribution in [2.24, 2.45) is 0 Å². The number of hydrogen-bond donors (Lipinski definition) is 2. The second-order valence-corrected chi connectivity index (χ2v) is 7.78. The van der Waals surface area contributed by atoms with Gasteiger partial charge in [0.05, 0.1) is 5.69 Å². The highest BCUT2D eigenvalue weighted by Gasteiger charge is 2.49. The van der Waals surface area contributed by atoms with E-state index in [1.54, 1.807) is 12.1 Å². The Hall–Kier alpha value is -3.68. The van der Waals surface area contributed by atoms with Crippen molar-refractivity contribution in [2.45, 2.75) is 39.2 Å². The monoisotopic (exact) mass is 419 g/mol. The van der Waals surface area contributed by atoms with Crippen LogP contribution in [0.5, 0.6) is 0 Å². The number of nitrogens with one attached hydrogen (secondary N) is 2. The minimum Gasteiger partial charge on any atom is -0.325 e. The second kappa shape index (κ2) is 7.86. The van der Waals surface area contributed by atoms with Crippen molar-refractivity contribution in [1.82, 2.24) is 19.6 Å². The molecule has 0 radical (unpaired) electrons. The second-order valence-electron chi connectivity index (χ2n) is 7.78. The maximum absolute atomic E-state index is 12.6. The molecule has 3 heterocycles. The van der Waals surface area contributed by atoms with Crippen molar-refractivity contribution in [2.75, 3.05) is 11.9 Å². The van der Waals surface area contributed by atoms with Crippen LogP contribution in [0.25, 0.3) is 16.9 Å². The van der Waals surface area contributed by atoms with Gasteiger partial charge in [-0.2, -0.15) is 0 Å². The van der Waals surface area contributed by atoms with Crippen LogP contribution in [-0.2, 0) is 9.59 Å². The molecule has 0 bridgehead atoms. The van der Waals surface area contributed by atoms with Gasteiger partial charge in [0.1, 0.15) is 17.7 Å². The summed E-state index contributed by atoms with van der Waals surface area (Å²) in [4.78, 5) is 43.0. The lowest BCUT2D eigenvalue weighted by molar-refractivity contribution is -0.134. The lowest BCUT2D eigenvalue weighted by Crippen LogP contribution is -2.46. The Morgan fingerprint density at radius 1 is 1.13 bits per heavy atom. The molecule has 160 valence electrons. The van der Waals surface area contributed by atoms with Gasteiger partial charge in [0.25, 0.3) is 5.91 Å². The average Bonchev–Trinajstić information content (AvgIpc) is 3.30. The summed E-state index contributed by atoms with van der Waals surface area (Å²) in [5.74, 6) is -0.780. The first kappa shape index (κ1) is 20.6. The van der Waals surface area contributed by atoms with Gasteiger partial charge < -0.3 is 15.0 Å². The fourth-order valence-corrected chi connectivity index (χ4v) is 3.91. The first-order valence-electron chi connectivity index (χ1n) is 10.4. The highest BCUT2D eigenvalue weighted by Crippen LogP contribution is 2.25. The lowest BCUT2D eigenvalue weighted by Gasteiger charge is -2.23. The normalized spacial score (nSPS) is 15.4. The lowest BCUT2D eigenvalue weighted by atomic mass is 9.93. The Balaban J connectivity index is 1.44. The summed E-state index contributed by atoms with van der Waals surface area (Å²) in [6.07, 6.45) is 4.88. The molecule has 31 heavy (non-hydrogen) atoms. The van der Waals surface area contributed by atoms with E-state index in [0.29, 0.717) is 18.5 Å². The van der Waals surface area contributed by atoms with Gasteiger partial charge in [-0.3, -0.25) is 14.5 Å². The molecule has 2 aromatic heterocycles. The largest absolute Gasteiger partial charge is 0.325 e. The van der Waals surface area contributed by atoms with E-state index in [9.17, 15) is 14.4 Å². The molecule has 4 amide bonds. The average molecular weight is 419 g/mol. The molecule has 2 N–H and O–H groups in total. The molecule has 1 saturated heterocycles. The fourth-order valence-electron chi connectivity index (χ4n) is 3.91. The van der Waals surface area contributed by atoms with Crippen molar-refractivity contribution in [3.05, 3.63) is 54.4 Å². The molecule has 0 atom stereocenters. The smallest absolute Gasteiger partial charge is 0.325 e. The van der Waals surface area contributed by atoms with E-state index >= 15 is 0 Å². The van der Waals surface area contributed by atoms with E-state index in [4.69, 9.17) is 0 Å². The van der Waals surface area contributed by atoms with Crippen molar-refractivity contribution >= 4 is 29.2 Å². The summed E-state index contributed by atoms with van der Waals surface area (Å²) in [5, 5.41) is 5.47. The van der Waals surface area contributed by atoms with Gasteiger partial charge in [-0.25, -0.2) is 9.78 Å². The Labute approximate surface area is 180 Å². The Morgan fingerprint density at radius 2 is 1.84 bits per heavy atom. The van der Waals surface area contributed by atoms with Gasteiger partial charge in [0.2, 0.25) is 5.91 Å². The number of hydrogen-bond acceptors (Lipinski definition) is 4. The van der Waals surface area contributed by atoms with Crippen LogP contribution in [-0.4, -0.2) is 44.2 Å². The zero-order valence-corrected chi connectivity index (χ0v) is 17.8. The van der Waals surface area contributed by atoms with Gasteiger partial charge >= 0.3 is 6.03 Å². The number of amides is 4. The summed E-state index contributed by atoms with van der Waals surface area (Å²) in [7, 11) is 0. The third-order valence-corrected chi connectivity index (χ3v) is 5.90. The third kappa shape index (κ3) is 3.65. The molecular weight excluding hydrogens is 394 g/mol. The number of urea groups is 1. The van der Waals surface area contributed by atoms with E-state index < -0.39 is 17.5 Å². The summed E-state index contributed by atoms with van der Waals surface area (Å²) in [6.45, 7) is 5.38. The van der Waals surface area contributed by atoms with Gasteiger partial charge in [-0.1, -0.05) is 32.0 Å². The molecule has 1 fully saturated rings. The van der Waals surface area contributed by atoms with E-state index in [-0.39, 0.29) is 12.5 Å². The van der Waals surface area contributed by atoms with Crippen molar-refractivity contribution in [1.29, 1.82) is 0 Å². The van der Waals surface area contributed by atoms with Crippen LogP contribution < -0.4 is 10.6 Å². The van der Waals surface area contributed by atoms with Crippen LogP contribution in [0.1, 0.15) is 32.3 Å². The van der Waals surface area contributed by atoms with Crippen LogP contribution in [0, 0.1) is 6.92 Å². The number of pyridine rings is 1. The number of aromatic nitrogens is 2. The van der Waals surface area contributed by atoms with Gasteiger partial charge in [0.15, 0.2) is 0 Å². The third-order valence-electron chi connectivity index (χ3n) is 5.90. The Bertz CT molecular complexity index is 1160. The van der Waals surface area contributed by atoms with Crippen LogP contribution in [0.15, 0.2) is 48.8 Å². The number of carbonyl (C=O) groups excluding carboxylic acids is 3. The maximum Gasteiger partial charge on any atom is 0.325 e. The number of rotatable bonds is 6. The number of anilines is 1. The first-order valence-corrected chi connectivity index (χ1v) is 10.4. The quantitative estimate of drug-likeness (QED) is 0.599. The van der Waals surface area contributed by atoms with E-state index in [1.165, 1.54) is 0 Å². The molecule has 1 aliphatic rings. The highest BCUT2D eigenvalue weighted by atomic mass is 16.2. The van der Waals surface area contributed by atoms with Crippen molar-refractivity contribution in [3.63, 3.8) is 0 Å². The van der Waals surface area contributed by atoms with Crippen LogP contribution >= 0.6 is 0 Å². The number of aryl methyl sites for hydroxylation is 1. The zero-order chi connectivity index (χ0) is 22.2. The summed E-state index contributed by atoms with van der Waals surface area (Å²) in [5.41, 5.74) is 3.42. The molecule has 4 rings (SSSR count). The molecule has 8 nitrogen and oxygen atoms in total. The first-order chi connectivity index (χ1) is 14.9. The minimum absolute atomic E-state index is 0.320. The number of nitrogens with zero attached hydrogens (tertiary/aromatic N) is 3. The van der Waals surface area contributed by atoms with Crippen LogP contribution in [0.4, 0.5) is 10.5 Å². The Kier molecular flexibility index (Phi) is 5.22. The Morgan fingerprint density at radius 3 is 2.45 bits per heavy atom.